The summed E-state index contributed by atoms with van der Waals surface area (Å²) >= 11 is 11.3. The highest BCUT2D eigenvalue weighted by Gasteiger charge is 2.09. The van der Waals surface area contributed by atoms with Crippen LogP contribution >= 0.6 is 35.6 Å². The van der Waals surface area contributed by atoms with Crippen LogP contribution in [0.3, 0.4) is 0 Å². The lowest BCUT2D eigenvalue weighted by molar-refractivity contribution is 0.100. The van der Waals surface area contributed by atoms with Crippen molar-refractivity contribution in [3.63, 3.8) is 0 Å². The van der Waals surface area contributed by atoms with Crippen LogP contribution < -0.4 is 5.73 Å². The van der Waals surface area contributed by atoms with Crippen molar-refractivity contribution in [2.45, 2.75) is 0 Å². The summed E-state index contributed by atoms with van der Waals surface area (Å²) in [5.74, 6) is -0.611. The molecule has 12 heavy (non-hydrogen) atoms. The van der Waals surface area contributed by atoms with Gasteiger partial charge in [-0.05, 0) is 12.1 Å². The Labute approximate surface area is 86.1 Å². The minimum atomic E-state index is -0.611. The van der Waals surface area contributed by atoms with E-state index >= 15 is 0 Å². The van der Waals surface area contributed by atoms with Crippen molar-refractivity contribution in [2.24, 2.45) is 5.73 Å². The Morgan fingerprint density at radius 2 is 1.67 bits per heavy atom. The largest absolute Gasteiger partial charge is 0.366 e. The van der Waals surface area contributed by atoms with E-state index in [1.165, 1.54) is 0 Å². The van der Waals surface area contributed by atoms with Gasteiger partial charge in [-0.1, -0.05) is 29.3 Å². The van der Waals surface area contributed by atoms with E-state index in [1.54, 1.807) is 18.2 Å². The fourth-order valence-electron chi connectivity index (χ4n) is 0.733. The van der Waals surface area contributed by atoms with Gasteiger partial charge in [0.05, 0.1) is 15.6 Å². The molecule has 0 aliphatic heterocycles. The van der Waals surface area contributed by atoms with Crippen LogP contribution in [0.25, 0.3) is 0 Å². The number of hydrogen-bond donors (Lipinski definition) is 1. The molecule has 66 valence electrons. The highest BCUT2D eigenvalue weighted by Crippen LogP contribution is 2.22. The van der Waals surface area contributed by atoms with Crippen LogP contribution in [0.1, 0.15) is 10.4 Å². The SMILES string of the molecule is Cl.NC(=O)c1c(Cl)cccc1Cl. The Bertz CT molecular complexity index is 280. The van der Waals surface area contributed by atoms with Crippen molar-refractivity contribution in [3.05, 3.63) is 33.8 Å². The number of carbonyl (C=O) groups excluding carboxylic acids is 1. The zero-order valence-electron chi connectivity index (χ0n) is 5.88. The molecule has 1 rings (SSSR count). The highest BCUT2D eigenvalue weighted by molar-refractivity contribution is 6.39. The first-order valence-corrected chi connectivity index (χ1v) is 3.62. The summed E-state index contributed by atoms with van der Waals surface area (Å²) in [7, 11) is 0. The average Bonchev–Trinajstić information content (AvgIpc) is 1.85. The van der Waals surface area contributed by atoms with Crippen LogP contribution in [0.15, 0.2) is 18.2 Å². The van der Waals surface area contributed by atoms with E-state index in [9.17, 15) is 4.79 Å². The Kier molecular flexibility index (Phi) is 4.39. The summed E-state index contributed by atoms with van der Waals surface area (Å²) in [6.07, 6.45) is 0. The van der Waals surface area contributed by atoms with Gasteiger partial charge in [0, 0.05) is 0 Å². The monoisotopic (exact) mass is 225 g/mol. The summed E-state index contributed by atoms with van der Waals surface area (Å²) in [4.78, 5) is 10.7. The van der Waals surface area contributed by atoms with E-state index in [2.05, 4.69) is 0 Å². The van der Waals surface area contributed by atoms with E-state index in [1.807, 2.05) is 0 Å². The lowest BCUT2D eigenvalue weighted by Gasteiger charge is -2.00. The van der Waals surface area contributed by atoms with Gasteiger partial charge < -0.3 is 5.73 Å². The molecular weight excluding hydrogens is 220 g/mol. The number of benzene rings is 1. The quantitative estimate of drug-likeness (QED) is 0.785. The van der Waals surface area contributed by atoms with Gasteiger partial charge in [-0.25, -0.2) is 0 Å². The van der Waals surface area contributed by atoms with E-state index < -0.39 is 5.91 Å². The number of hydrogen-bond acceptors (Lipinski definition) is 1. The van der Waals surface area contributed by atoms with Crippen LogP contribution in [0, 0.1) is 0 Å². The maximum absolute atomic E-state index is 10.7. The number of primary amides is 1. The van der Waals surface area contributed by atoms with E-state index in [4.69, 9.17) is 28.9 Å². The van der Waals surface area contributed by atoms with Gasteiger partial charge in [0.15, 0.2) is 0 Å². The van der Waals surface area contributed by atoms with Crippen molar-refractivity contribution < 1.29 is 4.79 Å². The molecule has 5 heteroatoms. The highest BCUT2D eigenvalue weighted by atomic mass is 35.5. The molecule has 0 radical (unpaired) electrons. The fraction of sp³-hybridized carbons (Fsp3) is 0. The molecule has 0 saturated heterocycles. The van der Waals surface area contributed by atoms with Crippen molar-refractivity contribution in [1.82, 2.24) is 0 Å². The molecule has 0 atom stereocenters. The number of amides is 1. The predicted octanol–water partition coefficient (Wildman–Crippen LogP) is 2.51. The molecule has 0 aliphatic carbocycles. The molecule has 0 unspecified atom stereocenters. The van der Waals surface area contributed by atoms with E-state index in [-0.39, 0.29) is 28.0 Å². The molecule has 1 aromatic rings. The van der Waals surface area contributed by atoms with Crippen molar-refractivity contribution in [1.29, 1.82) is 0 Å². The second-order valence-corrected chi connectivity index (χ2v) is 2.78. The molecule has 0 bridgehead atoms. The van der Waals surface area contributed by atoms with Crippen LogP contribution in [0.4, 0.5) is 0 Å². The first kappa shape index (κ1) is 11.6. The van der Waals surface area contributed by atoms with Gasteiger partial charge in [-0.15, -0.1) is 12.4 Å². The second kappa shape index (κ2) is 4.55. The summed E-state index contributed by atoms with van der Waals surface area (Å²) in [5, 5.41) is 0.565. The topological polar surface area (TPSA) is 43.1 Å². The van der Waals surface area contributed by atoms with Crippen LogP contribution in [-0.2, 0) is 0 Å². The maximum Gasteiger partial charge on any atom is 0.251 e. The maximum atomic E-state index is 10.7. The summed E-state index contributed by atoms with van der Waals surface area (Å²) in [6, 6.07) is 4.78. The number of halogens is 3. The molecular formula is C7H6Cl3NO. The molecule has 0 saturated carbocycles. The predicted molar refractivity (Wildman–Crippen MR) is 52.2 cm³/mol. The van der Waals surface area contributed by atoms with Gasteiger partial charge in [0.2, 0.25) is 0 Å². The Morgan fingerprint density at radius 1 is 1.25 bits per heavy atom. The molecule has 2 nitrogen and oxygen atoms in total. The number of rotatable bonds is 1. The minimum absolute atomic E-state index is 0. The lowest BCUT2D eigenvalue weighted by Crippen LogP contribution is -2.12. The lowest BCUT2D eigenvalue weighted by atomic mass is 10.2. The summed E-state index contributed by atoms with van der Waals surface area (Å²) in [5.41, 5.74) is 5.18. The van der Waals surface area contributed by atoms with E-state index in [0.717, 1.165) is 0 Å². The van der Waals surface area contributed by atoms with Gasteiger partial charge in [0.1, 0.15) is 0 Å². The Balaban J connectivity index is 0.00000121. The average molecular weight is 226 g/mol. The first-order chi connectivity index (χ1) is 5.13. The molecule has 2 N–H and O–H groups in total. The summed E-state index contributed by atoms with van der Waals surface area (Å²) in [6.45, 7) is 0. The van der Waals surface area contributed by atoms with Crippen LogP contribution in [0.2, 0.25) is 10.0 Å². The Morgan fingerprint density at radius 3 is 1.92 bits per heavy atom. The van der Waals surface area contributed by atoms with Crippen molar-refractivity contribution in [2.75, 3.05) is 0 Å². The molecule has 0 fully saturated rings. The van der Waals surface area contributed by atoms with E-state index in [0.29, 0.717) is 0 Å². The number of carbonyl (C=O) groups is 1. The normalized spacial score (nSPS) is 8.83. The zero-order chi connectivity index (χ0) is 8.43. The standard InChI is InChI=1S/C7H5Cl2NO.ClH/c8-4-2-1-3-5(9)6(4)7(10)11;/h1-3H,(H2,10,11);1H. The molecule has 1 aromatic carbocycles. The molecule has 0 heterocycles. The third kappa shape index (κ3) is 2.27. The zero-order valence-corrected chi connectivity index (χ0v) is 8.21. The molecule has 0 aromatic heterocycles. The minimum Gasteiger partial charge on any atom is -0.366 e. The van der Waals surface area contributed by atoms with Crippen molar-refractivity contribution in [3.8, 4) is 0 Å². The Hall–Kier alpha value is -0.440. The molecule has 1 amide bonds. The second-order valence-electron chi connectivity index (χ2n) is 1.96. The van der Waals surface area contributed by atoms with Gasteiger partial charge in [-0.3, -0.25) is 4.79 Å². The van der Waals surface area contributed by atoms with Crippen LogP contribution in [0.5, 0.6) is 0 Å². The third-order valence-electron chi connectivity index (χ3n) is 1.21. The fourth-order valence-corrected chi connectivity index (χ4v) is 1.32. The molecule has 0 aliphatic rings. The van der Waals surface area contributed by atoms with Gasteiger partial charge in [0.25, 0.3) is 5.91 Å². The van der Waals surface area contributed by atoms with Gasteiger partial charge in [-0.2, -0.15) is 0 Å². The molecule has 0 spiro atoms. The van der Waals surface area contributed by atoms with Crippen LogP contribution in [-0.4, -0.2) is 5.91 Å². The third-order valence-corrected chi connectivity index (χ3v) is 1.84. The smallest absolute Gasteiger partial charge is 0.251 e. The number of nitrogens with two attached hydrogens (primary N) is 1. The first-order valence-electron chi connectivity index (χ1n) is 2.86. The van der Waals surface area contributed by atoms with Crippen molar-refractivity contribution >= 4 is 41.5 Å². The summed E-state index contributed by atoms with van der Waals surface area (Å²) < 4.78 is 0. The van der Waals surface area contributed by atoms with Gasteiger partial charge >= 0.3 is 0 Å².